The zero-order valence-corrected chi connectivity index (χ0v) is 61.0. The number of fused-ring (bicyclic) bond motifs is 21. The second-order valence-corrected chi connectivity index (χ2v) is 31.6. The van der Waals surface area contributed by atoms with Gasteiger partial charge in [-0.3, -0.25) is 0 Å². The van der Waals surface area contributed by atoms with Crippen molar-refractivity contribution in [3.63, 3.8) is 0 Å². The normalized spacial score (nSPS) is 13.6. The van der Waals surface area contributed by atoms with Gasteiger partial charge in [-0.1, -0.05) is 252 Å². The molecule has 6 heteroatoms. The van der Waals surface area contributed by atoms with Crippen molar-refractivity contribution in [2.45, 2.75) is 38.5 Å². The van der Waals surface area contributed by atoms with Crippen LogP contribution in [0.4, 0.5) is 0 Å². The van der Waals surface area contributed by atoms with E-state index in [2.05, 4.69) is 386 Å². The van der Waals surface area contributed by atoms with Crippen LogP contribution in [-0.4, -0.2) is 28.2 Å². The highest BCUT2D eigenvalue weighted by Gasteiger charge is 2.38. The molecule has 5 heterocycles. The minimum atomic E-state index is -0.118. The molecule has 0 radical (unpaired) electrons. The number of hydrogen-bond acceptors (Lipinski definition) is 2. The van der Waals surface area contributed by atoms with Crippen LogP contribution in [0.2, 0.25) is 0 Å². The molecule has 0 N–H and O–H groups in total. The molecule has 0 saturated heterocycles. The number of nitrogens with zero attached hydrogens (tertiary/aromatic N) is 6. The summed E-state index contributed by atoms with van der Waals surface area (Å²) in [4.78, 5) is 11.3. The lowest BCUT2D eigenvalue weighted by Crippen LogP contribution is -2.15. The lowest BCUT2D eigenvalue weighted by Gasteiger charge is -2.22. The topological polar surface area (TPSA) is 45.5 Å². The fourth-order valence-electron chi connectivity index (χ4n) is 20.0. The SMILES string of the molecule is CC1(C)c2ccccc2-c2ccc(-n3c4ccccc4c4cc(-c5ccc6c(c5)c5ccccc5n6-c5cc(-c6nc(-c7ccccc7)nc7c6-c6cccc8cccc-7c68)cc(-n6c7ccccc7c7cc(-c8ccc9c(c8)c8ccccc8n9-c8ccc9c(c8)C(C)(C)c8ccccc8-9)ccc76)c5)ccc43)cc21. The molecule has 5 aromatic heterocycles. The van der Waals surface area contributed by atoms with Gasteiger partial charge in [0.2, 0.25) is 0 Å². The maximum Gasteiger partial charge on any atom is 0.160 e. The summed E-state index contributed by atoms with van der Waals surface area (Å²) in [6, 6.07) is 127. The molecule has 0 fully saturated rings. The zero-order chi connectivity index (χ0) is 72.6. The van der Waals surface area contributed by atoms with Crippen molar-refractivity contribution in [3.05, 3.63) is 362 Å². The fraction of sp³-hybridized carbons (Fsp3) is 0.0577. The molecule has 6 nitrogen and oxygen atoms in total. The third-order valence-electron chi connectivity index (χ3n) is 25.1. The minimum Gasteiger partial charge on any atom is -0.309 e. The molecule has 0 bridgehead atoms. The van der Waals surface area contributed by atoms with Crippen molar-refractivity contribution in [1.29, 1.82) is 0 Å². The largest absolute Gasteiger partial charge is 0.309 e. The highest BCUT2D eigenvalue weighted by molar-refractivity contribution is 6.19. The van der Waals surface area contributed by atoms with Crippen LogP contribution in [0.15, 0.2) is 340 Å². The van der Waals surface area contributed by atoms with Crippen molar-refractivity contribution >= 4 is 98.0 Å². The van der Waals surface area contributed by atoms with E-state index in [9.17, 15) is 0 Å². The molecular weight excluding hydrogens is 1330 g/mol. The summed E-state index contributed by atoms with van der Waals surface area (Å²) in [7, 11) is 0. The molecule has 21 aromatic rings. The summed E-state index contributed by atoms with van der Waals surface area (Å²) in [5.41, 5.74) is 35.9. The van der Waals surface area contributed by atoms with Gasteiger partial charge in [0.25, 0.3) is 0 Å². The number of rotatable bonds is 8. The van der Waals surface area contributed by atoms with E-state index in [1.165, 1.54) is 143 Å². The molecule has 0 saturated carbocycles. The predicted molar refractivity (Wildman–Crippen MR) is 458 cm³/mol. The Bertz CT molecular complexity index is 7290. The minimum absolute atomic E-state index is 0.118. The van der Waals surface area contributed by atoms with Crippen molar-refractivity contribution in [1.82, 2.24) is 28.2 Å². The van der Waals surface area contributed by atoms with E-state index in [4.69, 9.17) is 9.97 Å². The fourth-order valence-corrected chi connectivity index (χ4v) is 20.0. The Morgan fingerprint density at radius 2 is 0.573 bits per heavy atom. The second kappa shape index (κ2) is 22.3. The van der Waals surface area contributed by atoms with Crippen molar-refractivity contribution in [2.75, 3.05) is 0 Å². The molecule has 0 aliphatic heterocycles. The van der Waals surface area contributed by atoms with Gasteiger partial charge in [-0.15, -0.1) is 0 Å². The third kappa shape index (κ3) is 8.47. The first-order chi connectivity index (χ1) is 54.1. The van der Waals surface area contributed by atoms with Crippen LogP contribution in [0.1, 0.15) is 49.9 Å². The van der Waals surface area contributed by atoms with Crippen LogP contribution < -0.4 is 0 Å². The number of para-hydroxylation sites is 4. The van der Waals surface area contributed by atoms with Crippen LogP contribution in [0.5, 0.6) is 0 Å². The Hall–Kier alpha value is -13.9. The lowest BCUT2D eigenvalue weighted by atomic mass is 9.82. The van der Waals surface area contributed by atoms with Crippen LogP contribution >= 0.6 is 0 Å². The molecule has 3 aliphatic carbocycles. The van der Waals surface area contributed by atoms with Gasteiger partial charge in [0, 0.05) is 98.9 Å². The van der Waals surface area contributed by atoms with E-state index in [-0.39, 0.29) is 10.8 Å². The Morgan fingerprint density at radius 3 is 1.02 bits per heavy atom. The smallest absolute Gasteiger partial charge is 0.160 e. The first-order valence-electron chi connectivity index (χ1n) is 38.4. The molecular formula is C104H68N6. The Kier molecular flexibility index (Phi) is 12.4. The van der Waals surface area contributed by atoms with Gasteiger partial charge in [-0.05, 0) is 198 Å². The van der Waals surface area contributed by atoms with Gasteiger partial charge < -0.3 is 18.3 Å². The standard InChI is InChI=1S/C104H68N6/c1-103(2)86-34-14-8-26-72(86)74-46-44-68(59-88(74)103)107-90-36-16-10-28-76(90)82-54-63(40-48-94(82)107)65-42-50-96-84(56-65)78-30-12-18-38-92(78)109(96)70-52-67(100-99-80-32-20-24-61-25-21-33-81(98(61)80)101(99)106-102(105-100)62-22-6-5-7-23-62)53-71(58-70)110-93-39-19-13-31-79(93)85-57-66(43-51-97(85)110)64-41-49-95-83(55-64)77-29-11-17-37-91(77)108(95)69-45-47-75-73-27-9-15-35-87(73)104(3,4)89(75)60-69/h5-60H,1-4H3. The summed E-state index contributed by atoms with van der Waals surface area (Å²) in [6.45, 7) is 9.47. The van der Waals surface area contributed by atoms with Gasteiger partial charge >= 0.3 is 0 Å². The maximum absolute atomic E-state index is 5.78. The third-order valence-corrected chi connectivity index (χ3v) is 25.1. The van der Waals surface area contributed by atoms with Crippen LogP contribution in [0.3, 0.4) is 0 Å². The van der Waals surface area contributed by atoms with E-state index in [0.717, 1.165) is 83.8 Å². The van der Waals surface area contributed by atoms with Gasteiger partial charge in [-0.2, -0.15) is 0 Å². The first-order valence-corrected chi connectivity index (χ1v) is 38.4. The number of aromatic nitrogens is 6. The molecule has 16 aromatic carbocycles. The Morgan fingerprint density at radius 1 is 0.218 bits per heavy atom. The van der Waals surface area contributed by atoms with Gasteiger partial charge in [0.1, 0.15) is 0 Å². The average molecular weight is 1400 g/mol. The summed E-state index contributed by atoms with van der Waals surface area (Å²) >= 11 is 0. The highest BCUT2D eigenvalue weighted by atomic mass is 15.0. The van der Waals surface area contributed by atoms with E-state index < -0.39 is 0 Å². The highest BCUT2D eigenvalue weighted by Crippen LogP contribution is 2.55. The lowest BCUT2D eigenvalue weighted by molar-refractivity contribution is 0.660. The average Bonchev–Trinajstić information content (AvgIpc) is 1.57. The summed E-state index contributed by atoms with van der Waals surface area (Å²) in [6.07, 6.45) is 0. The van der Waals surface area contributed by atoms with Gasteiger partial charge in [0.05, 0.1) is 55.5 Å². The Balaban J connectivity index is 0.686. The van der Waals surface area contributed by atoms with E-state index in [1.807, 2.05) is 0 Å². The summed E-state index contributed by atoms with van der Waals surface area (Å²) in [5, 5.41) is 12.0. The quantitative estimate of drug-likeness (QED) is 0.152. The molecule has 514 valence electrons. The van der Waals surface area contributed by atoms with Gasteiger partial charge in [0.15, 0.2) is 5.82 Å². The Labute approximate surface area is 634 Å². The van der Waals surface area contributed by atoms with Gasteiger partial charge in [-0.25, -0.2) is 9.97 Å². The summed E-state index contributed by atoms with van der Waals surface area (Å²) in [5.74, 6) is 0.688. The van der Waals surface area contributed by atoms with Crippen molar-refractivity contribution in [2.24, 2.45) is 0 Å². The van der Waals surface area contributed by atoms with E-state index in [0.29, 0.717) is 5.82 Å². The van der Waals surface area contributed by atoms with Crippen LogP contribution in [0.25, 0.3) is 210 Å². The molecule has 0 spiro atoms. The van der Waals surface area contributed by atoms with E-state index in [1.54, 1.807) is 0 Å². The van der Waals surface area contributed by atoms with Crippen LogP contribution in [-0.2, 0) is 10.8 Å². The van der Waals surface area contributed by atoms with Crippen molar-refractivity contribution in [3.8, 4) is 112 Å². The molecule has 110 heavy (non-hydrogen) atoms. The first kappa shape index (κ1) is 61.2. The molecule has 0 atom stereocenters. The van der Waals surface area contributed by atoms with Crippen LogP contribution in [0, 0.1) is 0 Å². The maximum atomic E-state index is 5.78. The molecule has 0 unspecified atom stereocenters. The van der Waals surface area contributed by atoms with Crippen molar-refractivity contribution < 1.29 is 0 Å². The second-order valence-electron chi connectivity index (χ2n) is 31.6. The molecule has 24 rings (SSSR count). The predicted octanol–water partition coefficient (Wildman–Crippen LogP) is 26.9. The summed E-state index contributed by atoms with van der Waals surface area (Å²) < 4.78 is 9.93. The number of benzene rings is 16. The molecule has 3 aliphatic rings. The number of hydrogen-bond donors (Lipinski definition) is 0. The van der Waals surface area contributed by atoms with E-state index >= 15 is 0 Å². The monoisotopic (exact) mass is 1400 g/mol. The molecule has 0 amide bonds. The zero-order valence-electron chi connectivity index (χ0n) is 61.0.